The molecule has 6 rings (SSSR count). The molecule has 3 aliphatic rings. The molecule has 0 aliphatic carbocycles. The molecule has 2 fully saturated rings. The molecule has 3 atom stereocenters. The second-order valence-corrected chi connectivity index (χ2v) is 13.9. The van der Waals surface area contributed by atoms with Crippen molar-refractivity contribution in [2.45, 2.75) is 75.3 Å². The predicted molar refractivity (Wildman–Crippen MR) is 149 cm³/mol. The minimum absolute atomic E-state index is 0.0844. The Morgan fingerprint density at radius 3 is 2.71 bits per heavy atom. The molecule has 2 aromatic heterocycles. The lowest BCUT2D eigenvalue weighted by Gasteiger charge is -2.37. The van der Waals surface area contributed by atoms with Gasteiger partial charge in [-0.15, -0.1) is 11.3 Å². The molecule has 3 amide bonds. The molecule has 5 heterocycles. The number of alkyl halides is 2. The van der Waals surface area contributed by atoms with E-state index in [0.717, 1.165) is 54.0 Å². The van der Waals surface area contributed by atoms with Crippen LogP contribution in [0.15, 0.2) is 30.5 Å². The fraction of sp³-hybridized carbons (Fsp3) is 0.481. The quantitative estimate of drug-likeness (QED) is 0.318. The molecule has 11 nitrogen and oxygen atoms in total. The highest BCUT2D eigenvalue weighted by Crippen LogP contribution is 2.59. The van der Waals surface area contributed by atoms with Crippen molar-refractivity contribution >= 4 is 46.7 Å². The molecule has 1 aromatic carbocycles. The van der Waals surface area contributed by atoms with Crippen molar-refractivity contribution in [3.63, 3.8) is 0 Å². The maximum Gasteiger partial charge on any atom is 0.399 e. The van der Waals surface area contributed by atoms with Crippen molar-refractivity contribution < 1.29 is 37.5 Å². The van der Waals surface area contributed by atoms with E-state index in [1.165, 1.54) is 12.1 Å². The Hall–Kier alpha value is -3.19. The second-order valence-electron chi connectivity index (χ2n) is 11.1. The van der Waals surface area contributed by atoms with Crippen molar-refractivity contribution in [1.29, 1.82) is 0 Å². The number of halogens is 2. The number of aromatic amines is 1. The molecule has 224 valence electrons. The number of thiophene rings is 1. The average Bonchev–Trinajstić information content (AvgIpc) is 3.69. The van der Waals surface area contributed by atoms with Crippen LogP contribution in [0, 0.1) is 0 Å². The molecule has 0 unspecified atom stereocenters. The molecule has 3 aromatic rings. The van der Waals surface area contributed by atoms with Gasteiger partial charge in [0.25, 0.3) is 5.91 Å². The normalized spacial score (nSPS) is 23.3. The van der Waals surface area contributed by atoms with Gasteiger partial charge >= 0.3 is 13.3 Å². The molecule has 0 radical (unpaired) electrons. The Morgan fingerprint density at radius 2 is 1.93 bits per heavy atom. The molecule has 4 N–H and O–H groups in total. The summed E-state index contributed by atoms with van der Waals surface area (Å²) in [5, 5.41) is 10.1. The van der Waals surface area contributed by atoms with E-state index in [1.807, 2.05) is 0 Å². The highest BCUT2D eigenvalue weighted by atomic mass is 32.1. The van der Waals surface area contributed by atoms with Gasteiger partial charge in [0.2, 0.25) is 11.8 Å². The molecule has 3 aliphatic heterocycles. The standard InChI is InChI=1S/C27H30F2N5O6PS/c28-27(29,41(38,39)40)17-5-8-22-15(11-17)12-23(42-22)24(35)31-20-4-2-1-3-18-6-7-21(34(18)25(20)36)26(37)33-10-9-19-16(14-33)13-30-32-19/h5,8,11-13,18,20-21H,1-4,6-7,9-10,14H2,(H,30,32)(H,31,35)(H2,38,39,40)/t18-,20-,21-/m0/s1. The van der Waals surface area contributed by atoms with Gasteiger partial charge in [-0.25, -0.2) is 0 Å². The number of carbonyl (C=O) groups excluding carboxylic acids is 3. The molecule has 15 heteroatoms. The Morgan fingerprint density at radius 1 is 1.14 bits per heavy atom. The van der Waals surface area contributed by atoms with Crippen molar-refractivity contribution in [1.82, 2.24) is 25.3 Å². The average molecular weight is 622 g/mol. The molecule has 0 bridgehead atoms. The number of benzene rings is 1. The smallest absolute Gasteiger partial charge is 0.340 e. The highest BCUT2D eigenvalue weighted by molar-refractivity contribution is 7.52. The van der Waals surface area contributed by atoms with Gasteiger partial charge < -0.3 is 24.9 Å². The van der Waals surface area contributed by atoms with Crippen LogP contribution in [0.25, 0.3) is 10.1 Å². The minimum Gasteiger partial charge on any atom is -0.340 e. The summed E-state index contributed by atoms with van der Waals surface area (Å²) in [6.07, 6.45) is 6.43. The number of nitrogens with zero attached hydrogens (tertiary/aromatic N) is 3. The van der Waals surface area contributed by atoms with Gasteiger partial charge in [-0.1, -0.05) is 18.9 Å². The number of aromatic nitrogens is 2. The first-order valence-corrected chi connectivity index (χ1v) is 16.3. The van der Waals surface area contributed by atoms with Crippen molar-refractivity contribution in [2.75, 3.05) is 6.54 Å². The van der Waals surface area contributed by atoms with Gasteiger partial charge in [-0.05, 0) is 49.3 Å². The SMILES string of the molecule is O=C(N[C@H]1CCCC[C@H]2CC[C@@H](C(=O)N3CCc4[nH]ncc4C3)N2C1=O)c1cc2cc(C(F)(F)P(=O)(O)O)ccc2s1. The van der Waals surface area contributed by atoms with Crippen molar-refractivity contribution in [3.05, 3.63) is 52.2 Å². The third-order valence-electron chi connectivity index (χ3n) is 8.49. The molecular formula is C27H30F2N5O6PS. The second kappa shape index (κ2) is 10.8. The van der Waals surface area contributed by atoms with E-state index < -0.39 is 36.8 Å². The van der Waals surface area contributed by atoms with Crippen LogP contribution in [0.5, 0.6) is 0 Å². The third-order valence-corrected chi connectivity index (χ3v) is 10.6. The monoisotopic (exact) mass is 621 g/mol. The van der Waals surface area contributed by atoms with Crippen molar-refractivity contribution in [2.24, 2.45) is 0 Å². The van der Waals surface area contributed by atoms with Gasteiger partial charge in [0.1, 0.15) is 12.1 Å². The summed E-state index contributed by atoms with van der Waals surface area (Å²) in [7, 11) is -5.74. The number of H-pyrrole nitrogens is 1. The molecule has 2 saturated heterocycles. The van der Waals surface area contributed by atoms with Gasteiger partial charge in [-0.3, -0.25) is 24.0 Å². The first-order valence-electron chi connectivity index (χ1n) is 13.8. The summed E-state index contributed by atoms with van der Waals surface area (Å²) >= 11 is 1.03. The summed E-state index contributed by atoms with van der Waals surface area (Å²) in [6, 6.07) is 3.00. The number of hydrogen-bond donors (Lipinski definition) is 4. The van der Waals surface area contributed by atoms with Crippen LogP contribution in [0.4, 0.5) is 8.78 Å². The predicted octanol–water partition coefficient (Wildman–Crippen LogP) is 3.47. The van der Waals surface area contributed by atoms with E-state index >= 15 is 0 Å². The van der Waals surface area contributed by atoms with E-state index in [9.17, 15) is 27.7 Å². The zero-order valence-electron chi connectivity index (χ0n) is 22.5. The van der Waals surface area contributed by atoms with Crippen LogP contribution in [0.3, 0.4) is 0 Å². The summed E-state index contributed by atoms with van der Waals surface area (Å²) in [5.74, 6) is -0.953. The Bertz CT molecular complexity index is 1600. The number of nitrogens with one attached hydrogen (secondary N) is 2. The van der Waals surface area contributed by atoms with Gasteiger partial charge in [0.05, 0.1) is 11.1 Å². The fourth-order valence-corrected chi connectivity index (χ4v) is 7.69. The highest BCUT2D eigenvalue weighted by Gasteiger charge is 2.50. The lowest BCUT2D eigenvalue weighted by molar-refractivity contribution is -0.147. The summed E-state index contributed by atoms with van der Waals surface area (Å²) < 4.78 is 40.2. The molecular weight excluding hydrogens is 591 g/mol. The van der Waals surface area contributed by atoms with E-state index in [-0.39, 0.29) is 28.1 Å². The third kappa shape index (κ3) is 5.14. The first-order chi connectivity index (χ1) is 19.9. The topological polar surface area (TPSA) is 156 Å². The fourth-order valence-electron chi connectivity index (χ4n) is 6.27. The van der Waals surface area contributed by atoms with Crippen LogP contribution in [0.1, 0.15) is 65.0 Å². The zero-order chi connectivity index (χ0) is 29.8. The van der Waals surface area contributed by atoms with Crippen LogP contribution >= 0.6 is 18.9 Å². The number of amides is 3. The largest absolute Gasteiger partial charge is 0.399 e. The molecule has 42 heavy (non-hydrogen) atoms. The van der Waals surface area contributed by atoms with Crippen LogP contribution in [-0.4, -0.2) is 72.2 Å². The van der Waals surface area contributed by atoms with Gasteiger partial charge in [0, 0.05) is 47.1 Å². The maximum atomic E-state index is 14.2. The lowest BCUT2D eigenvalue weighted by Crippen LogP contribution is -2.57. The van der Waals surface area contributed by atoms with E-state index in [1.54, 1.807) is 16.0 Å². The lowest BCUT2D eigenvalue weighted by atomic mass is 9.98. The maximum absolute atomic E-state index is 14.2. The van der Waals surface area contributed by atoms with E-state index in [4.69, 9.17) is 9.79 Å². The van der Waals surface area contributed by atoms with Crippen molar-refractivity contribution in [3.8, 4) is 0 Å². The van der Waals surface area contributed by atoms with Gasteiger partial charge in [-0.2, -0.15) is 13.9 Å². The zero-order valence-corrected chi connectivity index (χ0v) is 24.2. The molecule has 0 saturated carbocycles. The van der Waals surface area contributed by atoms with Crippen LogP contribution in [0.2, 0.25) is 0 Å². The summed E-state index contributed by atoms with van der Waals surface area (Å²) in [5.41, 5.74) is -3.24. The molecule has 0 spiro atoms. The van der Waals surface area contributed by atoms with E-state index in [0.29, 0.717) is 43.5 Å². The van der Waals surface area contributed by atoms with Gasteiger partial charge in [0.15, 0.2) is 0 Å². The number of rotatable bonds is 5. The Labute approximate surface area is 243 Å². The number of fused-ring (bicyclic) bond motifs is 3. The number of hydrogen-bond acceptors (Lipinski definition) is 6. The van der Waals surface area contributed by atoms with E-state index in [2.05, 4.69) is 15.5 Å². The summed E-state index contributed by atoms with van der Waals surface area (Å²) in [6.45, 7) is 0.965. The summed E-state index contributed by atoms with van der Waals surface area (Å²) in [4.78, 5) is 62.6. The number of carbonyl (C=O) groups is 3. The van der Waals surface area contributed by atoms with Crippen LogP contribution in [-0.2, 0) is 32.8 Å². The Kier molecular flexibility index (Phi) is 7.45. The Balaban J connectivity index is 1.20. The minimum atomic E-state index is -5.74. The first kappa shape index (κ1) is 28.9. The van der Waals surface area contributed by atoms with Crippen LogP contribution < -0.4 is 5.32 Å².